The second-order valence-electron chi connectivity index (χ2n) is 6.05. The Bertz CT molecular complexity index is 693. The summed E-state index contributed by atoms with van der Waals surface area (Å²) in [5.41, 5.74) is 1.22. The molecular formula is C17H23ClN4O4. The Morgan fingerprint density at radius 3 is 2.85 bits per heavy atom. The average molecular weight is 383 g/mol. The van der Waals surface area contributed by atoms with E-state index in [1.165, 1.54) is 0 Å². The minimum Gasteiger partial charge on any atom is -0.497 e. The minimum atomic E-state index is -0.790. The highest BCUT2D eigenvalue weighted by molar-refractivity contribution is 6.34. The van der Waals surface area contributed by atoms with E-state index in [1.54, 1.807) is 25.3 Å². The van der Waals surface area contributed by atoms with Gasteiger partial charge in [-0.15, -0.1) is 0 Å². The molecule has 1 unspecified atom stereocenters. The molecule has 0 radical (unpaired) electrons. The fraction of sp³-hybridized carbons (Fsp3) is 0.471. The van der Waals surface area contributed by atoms with E-state index in [0.717, 1.165) is 6.54 Å². The molecule has 142 valence electrons. The maximum absolute atomic E-state index is 12.2. The number of carbonyl (C=O) groups is 2. The number of amides is 2. The summed E-state index contributed by atoms with van der Waals surface area (Å²) >= 11 is 6.19. The second-order valence-corrected chi connectivity index (χ2v) is 6.46. The first-order chi connectivity index (χ1) is 12.4. The Labute approximate surface area is 157 Å². The first kappa shape index (κ1) is 20.0. The zero-order valence-electron chi connectivity index (χ0n) is 15.0. The summed E-state index contributed by atoms with van der Waals surface area (Å²) in [5.74, 6) is -0.0184. The Morgan fingerprint density at radius 2 is 2.15 bits per heavy atom. The Hall–Kier alpha value is -2.32. The van der Waals surface area contributed by atoms with E-state index in [-0.39, 0.29) is 18.9 Å². The number of nitrogens with one attached hydrogen (secondary N) is 2. The normalized spacial score (nSPS) is 16.0. The van der Waals surface area contributed by atoms with Crippen molar-refractivity contribution in [1.82, 2.24) is 15.5 Å². The lowest BCUT2D eigenvalue weighted by Gasteiger charge is -2.12. The number of likely N-dealkylation sites (N-methyl/N-ethyl adjacent to an activating group) is 1. The number of rotatable bonds is 8. The first-order valence-corrected chi connectivity index (χ1v) is 8.54. The van der Waals surface area contributed by atoms with Crippen molar-refractivity contribution in [1.29, 1.82) is 0 Å². The van der Waals surface area contributed by atoms with Crippen LogP contribution in [0.25, 0.3) is 0 Å². The van der Waals surface area contributed by atoms with Gasteiger partial charge in [0, 0.05) is 25.1 Å². The number of hydrogen-bond acceptors (Lipinski definition) is 6. The summed E-state index contributed by atoms with van der Waals surface area (Å²) in [6, 6.07) is 5.17. The summed E-state index contributed by atoms with van der Waals surface area (Å²) < 4.78 is 5.17. The molecular weight excluding hydrogens is 360 g/mol. The minimum absolute atomic E-state index is 0.110. The van der Waals surface area contributed by atoms with Crippen LogP contribution >= 0.6 is 11.6 Å². The van der Waals surface area contributed by atoms with Crippen LogP contribution in [0.15, 0.2) is 23.4 Å². The van der Waals surface area contributed by atoms with Gasteiger partial charge in [-0.25, -0.2) is 0 Å². The topological polar surface area (TPSA) is 92.3 Å². The Morgan fingerprint density at radius 1 is 1.38 bits per heavy atom. The largest absolute Gasteiger partial charge is 0.497 e. The van der Waals surface area contributed by atoms with Gasteiger partial charge in [0.25, 0.3) is 5.91 Å². The number of benzene rings is 1. The van der Waals surface area contributed by atoms with Crippen molar-refractivity contribution < 1.29 is 19.2 Å². The number of oxime groups is 1. The van der Waals surface area contributed by atoms with Gasteiger partial charge < -0.3 is 25.1 Å². The third kappa shape index (κ3) is 5.60. The van der Waals surface area contributed by atoms with Crippen LogP contribution in [0.1, 0.15) is 12.0 Å². The maximum Gasteiger partial charge on any atom is 0.264 e. The van der Waals surface area contributed by atoms with E-state index >= 15 is 0 Å². The summed E-state index contributed by atoms with van der Waals surface area (Å²) in [5, 5.41) is 9.72. The predicted octanol–water partition coefficient (Wildman–Crippen LogP) is 0.636. The molecule has 2 N–H and O–H groups in total. The molecule has 1 heterocycles. The molecule has 1 atom stereocenters. The molecule has 2 rings (SSSR count). The third-order valence-electron chi connectivity index (χ3n) is 3.75. The maximum atomic E-state index is 12.2. The van der Waals surface area contributed by atoms with Gasteiger partial charge in [0.2, 0.25) is 12.0 Å². The zero-order valence-corrected chi connectivity index (χ0v) is 15.8. The monoisotopic (exact) mass is 382 g/mol. The quantitative estimate of drug-likeness (QED) is 0.688. The number of halogens is 1. The van der Waals surface area contributed by atoms with Gasteiger partial charge in [-0.1, -0.05) is 16.8 Å². The van der Waals surface area contributed by atoms with Crippen LogP contribution in [-0.2, 0) is 14.4 Å². The summed E-state index contributed by atoms with van der Waals surface area (Å²) in [7, 11) is 5.38. The molecule has 1 aromatic rings. The molecule has 0 aliphatic carbocycles. The smallest absolute Gasteiger partial charge is 0.264 e. The predicted molar refractivity (Wildman–Crippen MR) is 98.6 cm³/mol. The summed E-state index contributed by atoms with van der Waals surface area (Å²) in [4.78, 5) is 31.0. The van der Waals surface area contributed by atoms with Crippen LogP contribution in [0, 0.1) is 0 Å². The SMILES string of the molecule is COc1ccc(Cl)c(C2=NOC(C(=O)NCC(=O)NCCN(C)C)C2)c1. The van der Waals surface area contributed by atoms with Gasteiger partial charge in [0.05, 0.1) is 24.4 Å². The van der Waals surface area contributed by atoms with Crippen LogP contribution in [-0.4, -0.2) is 69.4 Å². The fourth-order valence-electron chi connectivity index (χ4n) is 2.29. The number of methoxy groups -OCH3 is 1. The molecule has 1 aromatic carbocycles. The third-order valence-corrected chi connectivity index (χ3v) is 4.08. The van der Waals surface area contributed by atoms with Crippen molar-refractivity contribution in [2.24, 2.45) is 5.16 Å². The van der Waals surface area contributed by atoms with E-state index in [9.17, 15) is 9.59 Å². The highest BCUT2D eigenvalue weighted by Gasteiger charge is 2.30. The molecule has 2 amide bonds. The lowest BCUT2D eigenvalue weighted by Crippen LogP contribution is -2.42. The van der Waals surface area contributed by atoms with E-state index in [1.807, 2.05) is 19.0 Å². The van der Waals surface area contributed by atoms with Crippen molar-refractivity contribution in [3.63, 3.8) is 0 Å². The van der Waals surface area contributed by atoms with Crippen LogP contribution in [0.2, 0.25) is 5.02 Å². The van der Waals surface area contributed by atoms with Gasteiger partial charge in [-0.2, -0.15) is 0 Å². The van der Waals surface area contributed by atoms with Gasteiger partial charge in [-0.3, -0.25) is 9.59 Å². The van der Waals surface area contributed by atoms with Gasteiger partial charge in [0.15, 0.2) is 0 Å². The lowest BCUT2D eigenvalue weighted by atomic mass is 10.0. The lowest BCUT2D eigenvalue weighted by molar-refractivity contribution is -0.133. The number of ether oxygens (including phenoxy) is 1. The van der Waals surface area contributed by atoms with Crippen LogP contribution in [0.3, 0.4) is 0 Å². The first-order valence-electron chi connectivity index (χ1n) is 8.16. The molecule has 8 nitrogen and oxygen atoms in total. The van der Waals surface area contributed by atoms with Crippen LogP contribution in [0.4, 0.5) is 0 Å². The Kier molecular flexibility index (Phi) is 7.23. The van der Waals surface area contributed by atoms with Gasteiger partial charge in [0.1, 0.15) is 5.75 Å². The second kappa shape index (κ2) is 9.40. The van der Waals surface area contributed by atoms with E-state index in [2.05, 4.69) is 15.8 Å². The molecule has 0 bridgehead atoms. The van der Waals surface area contributed by atoms with E-state index in [0.29, 0.717) is 28.6 Å². The molecule has 0 saturated carbocycles. The molecule has 1 aliphatic heterocycles. The molecule has 0 saturated heterocycles. The van der Waals surface area contributed by atoms with E-state index in [4.69, 9.17) is 21.2 Å². The molecule has 0 aromatic heterocycles. The zero-order chi connectivity index (χ0) is 19.1. The highest BCUT2D eigenvalue weighted by Crippen LogP contribution is 2.26. The summed E-state index contributed by atoms with van der Waals surface area (Å²) in [6.07, 6.45) is -0.525. The molecule has 0 fully saturated rings. The molecule has 1 aliphatic rings. The van der Waals surface area contributed by atoms with Crippen molar-refractivity contribution in [2.75, 3.05) is 40.8 Å². The van der Waals surface area contributed by atoms with Crippen LogP contribution < -0.4 is 15.4 Å². The molecule has 9 heteroatoms. The van der Waals surface area contributed by atoms with Crippen LogP contribution in [0.5, 0.6) is 5.75 Å². The average Bonchev–Trinajstić information content (AvgIpc) is 3.09. The Balaban J connectivity index is 1.82. The van der Waals surface area contributed by atoms with Gasteiger partial charge >= 0.3 is 0 Å². The van der Waals surface area contributed by atoms with Gasteiger partial charge in [-0.05, 0) is 32.3 Å². The highest BCUT2D eigenvalue weighted by atomic mass is 35.5. The van der Waals surface area contributed by atoms with Crippen molar-refractivity contribution in [2.45, 2.75) is 12.5 Å². The molecule has 26 heavy (non-hydrogen) atoms. The van der Waals surface area contributed by atoms with E-state index < -0.39 is 12.0 Å². The number of nitrogens with zero attached hydrogens (tertiary/aromatic N) is 2. The number of carbonyl (C=O) groups excluding carboxylic acids is 2. The van der Waals surface area contributed by atoms with Crippen molar-refractivity contribution in [3.8, 4) is 5.75 Å². The standard InChI is InChI=1S/C17H23ClN4O4/c1-22(2)7-6-19-16(23)10-20-17(24)15-9-14(21-26-15)12-8-11(25-3)4-5-13(12)18/h4-5,8,15H,6-7,9-10H2,1-3H3,(H,19,23)(H,20,24). The summed E-state index contributed by atoms with van der Waals surface area (Å²) in [6.45, 7) is 1.13. The molecule has 0 spiro atoms. The van der Waals surface area contributed by atoms with Crippen molar-refractivity contribution in [3.05, 3.63) is 28.8 Å². The number of hydrogen-bond donors (Lipinski definition) is 2. The fourth-order valence-corrected chi connectivity index (χ4v) is 2.52. The van der Waals surface area contributed by atoms with Crippen molar-refractivity contribution >= 4 is 29.1 Å².